The molecule has 0 aliphatic carbocycles. The van der Waals surface area contributed by atoms with E-state index in [0.717, 1.165) is 12.1 Å². The summed E-state index contributed by atoms with van der Waals surface area (Å²) in [6.07, 6.45) is -0.336. The molecule has 1 N–H and O–H groups in total. The molecule has 194 valence electrons. The van der Waals surface area contributed by atoms with Crippen LogP contribution < -0.4 is 5.56 Å². The Kier molecular flexibility index (Phi) is 5.22. The van der Waals surface area contributed by atoms with Gasteiger partial charge in [0, 0.05) is 34.7 Å². The fraction of sp³-hybridized carbons (Fsp3) is 0.222. The zero-order valence-corrected chi connectivity index (χ0v) is 19.7. The molecule has 6 rings (SSSR count). The first-order valence-electron chi connectivity index (χ1n) is 11.6. The summed E-state index contributed by atoms with van der Waals surface area (Å²) >= 11 is 0. The maximum Gasteiger partial charge on any atom is 0.309 e. The largest absolute Gasteiger partial charge is 0.460 e. The molecule has 11 heteroatoms. The van der Waals surface area contributed by atoms with E-state index in [4.69, 9.17) is 4.74 Å². The Morgan fingerprint density at radius 2 is 1.63 bits per heavy atom. The van der Waals surface area contributed by atoms with E-state index in [1.54, 1.807) is 6.92 Å². The van der Waals surface area contributed by atoms with Crippen molar-refractivity contribution in [2.45, 2.75) is 38.5 Å². The SMILES string of the molecule is CC[C@@]1(O)CC(=O)OCc2c1cc1n(c2=O)Cc2c-1nc1cc(F)c(F)cc1c2-c1c(F)cc(F)cc1F. The van der Waals surface area contributed by atoms with E-state index in [1.165, 1.54) is 10.6 Å². The first-order chi connectivity index (χ1) is 18.0. The zero-order chi connectivity index (χ0) is 27.1. The number of nitrogens with zero attached hydrogens (tertiary/aromatic N) is 2. The summed E-state index contributed by atoms with van der Waals surface area (Å²) in [6, 6.07) is 3.87. The van der Waals surface area contributed by atoms with Gasteiger partial charge in [0.25, 0.3) is 5.56 Å². The third-order valence-corrected chi connectivity index (χ3v) is 7.24. The lowest BCUT2D eigenvalue weighted by molar-refractivity contribution is -0.149. The highest BCUT2D eigenvalue weighted by Gasteiger charge is 2.40. The van der Waals surface area contributed by atoms with Crippen LogP contribution in [-0.4, -0.2) is 20.6 Å². The van der Waals surface area contributed by atoms with Crippen molar-refractivity contribution in [3.63, 3.8) is 0 Å². The molecule has 2 aromatic heterocycles. The number of rotatable bonds is 2. The topological polar surface area (TPSA) is 81.4 Å². The second kappa shape index (κ2) is 8.19. The average Bonchev–Trinajstić information content (AvgIpc) is 3.15. The van der Waals surface area contributed by atoms with Crippen LogP contribution in [0, 0.1) is 29.1 Å². The number of halogens is 5. The van der Waals surface area contributed by atoms with Crippen LogP contribution in [0.2, 0.25) is 0 Å². The number of hydrogen-bond acceptors (Lipinski definition) is 5. The molecule has 2 aliphatic heterocycles. The Morgan fingerprint density at radius 3 is 2.32 bits per heavy atom. The van der Waals surface area contributed by atoms with Crippen LogP contribution in [0.1, 0.15) is 36.5 Å². The van der Waals surface area contributed by atoms with Gasteiger partial charge in [-0.25, -0.2) is 26.9 Å². The van der Waals surface area contributed by atoms with Gasteiger partial charge in [-0.05, 0) is 24.1 Å². The van der Waals surface area contributed by atoms with Crippen molar-refractivity contribution in [1.29, 1.82) is 0 Å². The zero-order valence-electron chi connectivity index (χ0n) is 19.7. The van der Waals surface area contributed by atoms with Gasteiger partial charge in [-0.3, -0.25) is 9.59 Å². The number of aromatic nitrogens is 2. The maximum atomic E-state index is 15.0. The highest BCUT2D eigenvalue weighted by Crippen LogP contribution is 2.44. The molecule has 0 unspecified atom stereocenters. The highest BCUT2D eigenvalue weighted by atomic mass is 19.2. The number of hydrogen-bond donors (Lipinski definition) is 1. The fourth-order valence-corrected chi connectivity index (χ4v) is 5.34. The Hall–Kier alpha value is -4.12. The van der Waals surface area contributed by atoms with E-state index >= 15 is 8.78 Å². The molecule has 0 spiro atoms. The van der Waals surface area contributed by atoms with Crippen LogP contribution in [0.5, 0.6) is 0 Å². The number of aliphatic hydroxyl groups is 1. The van der Waals surface area contributed by atoms with Gasteiger partial charge in [0.15, 0.2) is 11.6 Å². The molecule has 6 nitrogen and oxygen atoms in total. The molecule has 0 saturated carbocycles. The first kappa shape index (κ1) is 24.2. The van der Waals surface area contributed by atoms with Gasteiger partial charge in [0.2, 0.25) is 0 Å². The number of benzene rings is 2. The third-order valence-electron chi connectivity index (χ3n) is 7.24. The molecule has 1 atom stereocenters. The smallest absolute Gasteiger partial charge is 0.309 e. The van der Waals surface area contributed by atoms with Crippen LogP contribution >= 0.6 is 0 Å². The fourth-order valence-electron chi connectivity index (χ4n) is 5.34. The van der Waals surface area contributed by atoms with Crippen LogP contribution in [-0.2, 0) is 28.3 Å². The van der Waals surface area contributed by atoms with Crippen molar-refractivity contribution < 1.29 is 36.6 Å². The van der Waals surface area contributed by atoms with Crippen LogP contribution in [0.3, 0.4) is 0 Å². The Morgan fingerprint density at radius 1 is 0.947 bits per heavy atom. The van der Waals surface area contributed by atoms with Crippen molar-refractivity contribution in [1.82, 2.24) is 9.55 Å². The van der Waals surface area contributed by atoms with Gasteiger partial charge in [0.1, 0.15) is 29.7 Å². The van der Waals surface area contributed by atoms with E-state index in [2.05, 4.69) is 4.98 Å². The van der Waals surface area contributed by atoms with Gasteiger partial charge in [0.05, 0.1) is 41.0 Å². The quantitative estimate of drug-likeness (QED) is 0.262. The minimum atomic E-state index is -1.73. The lowest BCUT2D eigenvalue weighted by atomic mass is 9.85. The lowest BCUT2D eigenvalue weighted by Crippen LogP contribution is -2.32. The van der Waals surface area contributed by atoms with E-state index in [0.29, 0.717) is 12.1 Å². The Labute approximate surface area is 210 Å². The highest BCUT2D eigenvalue weighted by molar-refractivity contribution is 6.00. The molecule has 0 radical (unpaired) electrons. The molecule has 0 amide bonds. The van der Waals surface area contributed by atoms with E-state index in [-0.39, 0.29) is 57.5 Å². The summed E-state index contributed by atoms with van der Waals surface area (Å²) in [5.41, 5.74) is -2.98. The summed E-state index contributed by atoms with van der Waals surface area (Å²) in [5.74, 6) is -6.99. The summed E-state index contributed by atoms with van der Waals surface area (Å²) in [6.45, 7) is 0.955. The molecule has 0 fully saturated rings. The van der Waals surface area contributed by atoms with Gasteiger partial charge >= 0.3 is 5.97 Å². The molecular formula is C27H17F5N2O4. The summed E-state index contributed by atoms with van der Waals surface area (Å²) < 4.78 is 78.7. The van der Waals surface area contributed by atoms with Gasteiger partial charge in [-0.2, -0.15) is 0 Å². The predicted molar refractivity (Wildman–Crippen MR) is 124 cm³/mol. The minimum Gasteiger partial charge on any atom is -0.460 e. The molecule has 2 aromatic carbocycles. The number of cyclic esters (lactones) is 1. The standard InChI is InChI=1S/C27H17F5N2O4/c1-2-27(37)8-22(35)38-10-14-15(27)6-21-25-13(9-34(21)26(14)36)23(24-18(31)3-11(28)4-19(24)32)12-5-16(29)17(30)7-20(12)33-25/h3-7,37H,2,8-10H2,1H3/t27-/m1/s1. The monoisotopic (exact) mass is 528 g/mol. The molecule has 4 heterocycles. The van der Waals surface area contributed by atoms with Crippen LogP contribution in [0.4, 0.5) is 22.0 Å². The Balaban J connectivity index is 1.72. The molecule has 2 aliphatic rings. The second-order valence-electron chi connectivity index (χ2n) is 9.38. The molecular weight excluding hydrogens is 511 g/mol. The first-order valence-corrected chi connectivity index (χ1v) is 11.6. The second-order valence-corrected chi connectivity index (χ2v) is 9.38. The van der Waals surface area contributed by atoms with Gasteiger partial charge in [-0.15, -0.1) is 0 Å². The van der Waals surface area contributed by atoms with Crippen molar-refractivity contribution in [2.24, 2.45) is 0 Å². The Bertz CT molecular complexity index is 1760. The van der Waals surface area contributed by atoms with Crippen molar-refractivity contribution in [2.75, 3.05) is 0 Å². The maximum absolute atomic E-state index is 15.0. The van der Waals surface area contributed by atoms with Gasteiger partial charge in [-0.1, -0.05) is 6.92 Å². The van der Waals surface area contributed by atoms with Crippen molar-refractivity contribution in [3.05, 3.63) is 86.5 Å². The summed E-state index contributed by atoms with van der Waals surface area (Å²) in [5, 5.41) is 11.1. The van der Waals surface area contributed by atoms with Crippen LogP contribution in [0.15, 0.2) is 35.1 Å². The number of carbonyl (C=O) groups excluding carboxylic acids is 1. The third kappa shape index (κ3) is 3.38. The minimum absolute atomic E-state index is 0.0269. The normalized spacial score (nSPS) is 18.1. The van der Waals surface area contributed by atoms with Crippen LogP contribution in [0.25, 0.3) is 33.4 Å². The van der Waals surface area contributed by atoms with E-state index in [9.17, 15) is 27.9 Å². The summed E-state index contributed by atoms with van der Waals surface area (Å²) in [7, 11) is 0. The number of ether oxygens (including phenoxy) is 1. The van der Waals surface area contributed by atoms with E-state index in [1.807, 2.05) is 0 Å². The molecule has 4 aromatic rings. The van der Waals surface area contributed by atoms with E-state index < -0.39 is 64.8 Å². The van der Waals surface area contributed by atoms with Crippen molar-refractivity contribution >= 4 is 16.9 Å². The predicted octanol–water partition coefficient (Wildman–Crippen LogP) is 4.83. The number of pyridine rings is 2. The molecule has 0 bridgehead atoms. The molecule has 0 saturated heterocycles. The number of fused-ring (bicyclic) bond motifs is 5. The van der Waals surface area contributed by atoms with Crippen molar-refractivity contribution in [3.8, 4) is 22.5 Å². The lowest BCUT2D eigenvalue weighted by Gasteiger charge is -2.26. The van der Waals surface area contributed by atoms with Gasteiger partial charge < -0.3 is 14.4 Å². The summed E-state index contributed by atoms with van der Waals surface area (Å²) in [4.78, 5) is 30.1. The average molecular weight is 528 g/mol. The number of esters is 1. The molecule has 38 heavy (non-hydrogen) atoms. The number of carbonyl (C=O) groups is 1.